The number of rotatable bonds is 3. The van der Waals surface area contributed by atoms with E-state index in [0.29, 0.717) is 12.1 Å². The number of benzene rings is 1. The van der Waals surface area contributed by atoms with E-state index in [9.17, 15) is 4.79 Å². The molecular weight excluding hydrogens is 316 g/mol. The van der Waals surface area contributed by atoms with Crippen LogP contribution in [0.15, 0.2) is 36.7 Å². The smallest absolute Gasteiger partial charge is 0.339 e. The van der Waals surface area contributed by atoms with E-state index in [2.05, 4.69) is 16.4 Å². The Kier molecular flexibility index (Phi) is 4.98. The first-order valence-electron chi connectivity index (χ1n) is 6.86. The van der Waals surface area contributed by atoms with E-state index in [1.54, 1.807) is 23.0 Å². The first-order valence-corrected chi connectivity index (χ1v) is 6.86. The molecule has 2 heterocycles. The van der Waals surface area contributed by atoms with Gasteiger partial charge in [0.25, 0.3) is 0 Å². The van der Waals surface area contributed by atoms with E-state index in [4.69, 9.17) is 10.5 Å². The third-order valence-corrected chi connectivity index (χ3v) is 3.71. The Balaban J connectivity index is 0.00000192. The second-order valence-corrected chi connectivity index (χ2v) is 5.04. The van der Waals surface area contributed by atoms with Crippen molar-refractivity contribution in [1.82, 2.24) is 14.8 Å². The number of carbonyl (C=O) groups is 1. The summed E-state index contributed by atoms with van der Waals surface area (Å²) in [7, 11) is 1.35. The molecule has 0 radical (unpaired) electrons. The van der Waals surface area contributed by atoms with E-state index in [0.717, 1.165) is 27.8 Å². The van der Waals surface area contributed by atoms with Gasteiger partial charge in [-0.15, -0.1) is 17.5 Å². The van der Waals surface area contributed by atoms with E-state index in [1.807, 2.05) is 19.1 Å². The van der Waals surface area contributed by atoms with Crippen molar-refractivity contribution in [2.75, 3.05) is 7.11 Å². The highest BCUT2D eigenvalue weighted by Crippen LogP contribution is 2.26. The van der Waals surface area contributed by atoms with Gasteiger partial charge in [0.05, 0.1) is 24.4 Å². The van der Waals surface area contributed by atoms with Gasteiger partial charge in [0.2, 0.25) is 0 Å². The lowest BCUT2D eigenvalue weighted by Gasteiger charge is -2.07. The normalized spacial score (nSPS) is 10.4. The molecule has 6 nitrogen and oxygen atoms in total. The molecule has 0 amide bonds. The molecule has 0 unspecified atom stereocenters. The maximum atomic E-state index is 11.7. The molecular formula is C16H17ClN4O2. The van der Waals surface area contributed by atoms with Gasteiger partial charge in [-0.1, -0.05) is 23.4 Å². The Labute approximate surface area is 139 Å². The number of methoxy groups -OCH3 is 1. The number of aryl methyl sites for hydroxylation is 1. The average molecular weight is 333 g/mol. The molecule has 0 spiro atoms. The van der Waals surface area contributed by atoms with Crippen LogP contribution in [-0.4, -0.2) is 27.9 Å². The van der Waals surface area contributed by atoms with Crippen molar-refractivity contribution >= 4 is 23.9 Å². The fourth-order valence-corrected chi connectivity index (χ4v) is 2.48. The summed E-state index contributed by atoms with van der Waals surface area (Å²) in [5.74, 6) is -0.397. The van der Waals surface area contributed by atoms with Gasteiger partial charge >= 0.3 is 5.97 Å². The number of halogens is 1. The summed E-state index contributed by atoms with van der Waals surface area (Å²) < 4.78 is 6.32. The topological polar surface area (TPSA) is 82.5 Å². The van der Waals surface area contributed by atoms with Crippen LogP contribution in [0.25, 0.3) is 16.6 Å². The molecule has 0 saturated carbocycles. The number of hydrogen-bond donors (Lipinski definition) is 1. The molecule has 0 aliphatic heterocycles. The second kappa shape index (κ2) is 6.76. The van der Waals surface area contributed by atoms with Crippen LogP contribution in [0.4, 0.5) is 0 Å². The summed E-state index contributed by atoms with van der Waals surface area (Å²) in [5, 5.41) is 8.00. The van der Waals surface area contributed by atoms with Gasteiger partial charge in [0, 0.05) is 18.3 Å². The van der Waals surface area contributed by atoms with Crippen molar-refractivity contribution in [2.45, 2.75) is 13.5 Å². The molecule has 0 saturated heterocycles. The minimum atomic E-state index is -0.397. The van der Waals surface area contributed by atoms with Gasteiger partial charge in [-0.3, -0.25) is 0 Å². The van der Waals surface area contributed by atoms with Gasteiger partial charge in [-0.25, -0.2) is 9.31 Å². The zero-order valence-electron chi connectivity index (χ0n) is 12.8. The third-order valence-electron chi connectivity index (χ3n) is 3.71. The van der Waals surface area contributed by atoms with Crippen LogP contribution >= 0.6 is 12.4 Å². The van der Waals surface area contributed by atoms with Gasteiger partial charge in [0.1, 0.15) is 0 Å². The van der Waals surface area contributed by atoms with Gasteiger partial charge < -0.3 is 10.5 Å². The fraction of sp³-hybridized carbons (Fsp3) is 0.188. The van der Waals surface area contributed by atoms with Crippen LogP contribution in [0.1, 0.15) is 21.5 Å². The summed E-state index contributed by atoms with van der Waals surface area (Å²) >= 11 is 0. The van der Waals surface area contributed by atoms with Gasteiger partial charge in [0.15, 0.2) is 0 Å². The maximum absolute atomic E-state index is 11.7. The largest absolute Gasteiger partial charge is 0.465 e. The highest BCUT2D eigenvalue weighted by molar-refractivity contribution is 5.93. The van der Waals surface area contributed by atoms with Gasteiger partial charge in [-0.05, 0) is 29.7 Å². The summed E-state index contributed by atoms with van der Waals surface area (Å²) in [6.07, 6.45) is 3.30. The molecule has 0 atom stereocenters. The van der Waals surface area contributed by atoms with Gasteiger partial charge in [-0.2, -0.15) is 0 Å². The molecule has 2 N–H and O–H groups in total. The number of nitrogens with two attached hydrogens (primary N) is 1. The quantitative estimate of drug-likeness (QED) is 0.744. The standard InChI is InChI=1S/C16H16N4O2.ClH/c1-10-5-11(3-4-12(10)7-17)14-8-18-19-20-9-13(6-15(14)20)16(21)22-2;/h3-6,8-9H,7,17H2,1-2H3;1H. The molecule has 120 valence electrons. The van der Waals surface area contributed by atoms with Crippen molar-refractivity contribution < 1.29 is 9.53 Å². The van der Waals surface area contributed by atoms with Crippen LogP contribution in [0, 0.1) is 6.92 Å². The molecule has 3 aromatic rings. The van der Waals surface area contributed by atoms with Crippen LogP contribution in [0.2, 0.25) is 0 Å². The van der Waals surface area contributed by atoms with E-state index < -0.39 is 5.97 Å². The molecule has 7 heteroatoms. The van der Waals surface area contributed by atoms with Crippen molar-refractivity contribution in [3.63, 3.8) is 0 Å². The number of nitrogens with zero attached hydrogens (tertiary/aromatic N) is 3. The van der Waals surface area contributed by atoms with Crippen LogP contribution in [-0.2, 0) is 11.3 Å². The Hall–Kier alpha value is -2.44. The molecule has 0 aliphatic rings. The van der Waals surface area contributed by atoms with Crippen LogP contribution < -0.4 is 5.73 Å². The molecule has 3 rings (SSSR count). The van der Waals surface area contributed by atoms with Crippen LogP contribution in [0.3, 0.4) is 0 Å². The average Bonchev–Trinajstić information content (AvgIpc) is 2.98. The van der Waals surface area contributed by atoms with Crippen molar-refractivity contribution in [1.29, 1.82) is 0 Å². The Morgan fingerprint density at radius 2 is 2.13 bits per heavy atom. The summed E-state index contributed by atoms with van der Waals surface area (Å²) in [5.41, 5.74) is 11.1. The molecule has 2 aromatic heterocycles. The fourth-order valence-electron chi connectivity index (χ4n) is 2.48. The monoisotopic (exact) mass is 332 g/mol. The first-order chi connectivity index (χ1) is 10.6. The van der Waals surface area contributed by atoms with Crippen molar-refractivity contribution in [3.05, 3.63) is 53.3 Å². The van der Waals surface area contributed by atoms with E-state index in [1.165, 1.54) is 7.11 Å². The Bertz CT molecular complexity index is 860. The second-order valence-electron chi connectivity index (χ2n) is 5.04. The van der Waals surface area contributed by atoms with Crippen molar-refractivity contribution in [3.8, 4) is 11.1 Å². The minimum Gasteiger partial charge on any atom is -0.465 e. The number of carbonyl (C=O) groups excluding carboxylic acids is 1. The molecule has 0 fully saturated rings. The predicted molar refractivity (Wildman–Crippen MR) is 89.6 cm³/mol. The lowest BCUT2D eigenvalue weighted by Crippen LogP contribution is -2.00. The highest BCUT2D eigenvalue weighted by atomic mass is 35.5. The summed E-state index contributed by atoms with van der Waals surface area (Å²) in [4.78, 5) is 11.7. The third kappa shape index (κ3) is 3.04. The number of hydrogen-bond acceptors (Lipinski definition) is 5. The summed E-state index contributed by atoms with van der Waals surface area (Å²) in [6, 6.07) is 7.81. The number of fused-ring (bicyclic) bond motifs is 1. The number of ether oxygens (including phenoxy) is 1. The predicted octanol–water partition coefficient (Wildman–Crippen LogP) is 2.37. The number of esters is 1. The van der Waals surface area contributed by atoms with Crippen LogP contribution in [0.5, 0.6) is 0 Å². The van der Waals surface area contributed by atoms with E-state index in [-0.39, 0.29) is 12.4 Å². The summed E-state index contributed by atoms with van der Waals surface area (Å²) in [6.45, 7) is 2.53. The zero-order chi connectivity index (χ0) is 15.7. The molecule has 1 aromatic carbocycles. The Morgan fingerprint density at radius 3 is 2.78 bits per heavy atom. The van der Waals surface area contributed by atoms with Crippen molar-refractivity contribution in [2.24, 2.45) is 5.73 Å². The minimum absolute atomic E-state index is 0. The Morgan fingerprint density at radius 1 is 1.35 bits per heavy atom. The molecule has 0 bridgehead atoms. The zero-order valence-corrected chi connectivity index (χ0v) is 13.6. The SMILES string of the molecule is COC(=O)c1cc2c(-c3ccc(CN)c(C)c3)cnnn2c1.Cl. The lowest BCUT2D eigenvalue weighted by atomic mass is 10.0. The molecule has 0 aliphatic carbocycles. The molecule has 23 heavy (non-hydrogen) atoms. The first kappa shape index (κ1) is 16.9. The number of aromatic nitrogens is 3. The highest BCUT2D eigenvalue weighted by Gasteiger charge is 2.13. The lowest BCUT2D eigenvalue weighted by molar-refractivity contribution is 0.0601. The maximum Gasteiger partial charge on any atom is 0.339 e. The van der Waals surface area contributed by atoms with E-state index >= 15 is 0 Å².